The quantitative estimate of drug-likeness (QED) is 0.599. The van der Waals surface area contributed by atoms with Gasteiger partial charge in [0.25, 0.3) is 5.91 Å². The number of hydrogen-bond donors (Lipinski definition) is 0. The highest BCUT2D eigenvalue weighted by Gasteiger charge is 2.29. The second-order valence-corrected chi connectivity index (χ2v) is 7.13. The van der Waals surface area contributed by atoms with Gasteiger partial charge < -0.3 is 19.1 Å². The Morgan fingerprint density at radius 3 is 2.56 bits per heavy atom. The summed E-state index contributed by atoms with van der Waals surface area (Å²) in [6.45, 7) is 5.10. The molecule has 2 atom stereocenters. The highest BCUT2D eigenvalue weighted by Crippen LogP contribution is 2.30. The third-order valence-electron chi connectivity index (χ3n) is 5.00. The molecule has 27 heavy (non-hydrogen) atoms. The zero-order valence-electron chi connectivity index (χ0n) is 16.0. The van der Waals surface area contributed by atoms with Crippen LogP contribution in [0.4, 0.5) is 0 Å². The van der Waals surface area contributed by atoms with Crippen LogP contribution in [-0.2, 0) is 14.3 Å². The second kappa shape index (κ2) is 8.93. The Morgan fingerprint density at radius 2 is 1.81 bits per heavy atom. The van der Waals surface area contributed by atoms with E-state index in [9.17, 15) is 9.59 Å². The lowest BCUT2D eigenvalue weighted by Crippen LogP contribution is -2.49. The van der Waals surface area contributed by atoms with Crippen LogP contribution in [0.25, 0.3) is 6.08 Å². The smallest absolute Gasteiger partial charge is 0.331 e. The Morgan fingerprint density at radius 1 is 1.11 bits per heavy atom. The summed E-state index contributed by atoms with van der Waals surface area (Å²) >= 11 is 0. The lowest BCUT2D eigenvalue weighted by Gasteiger charge is -2.38. The maximum atomic E-state index is 12.4. The van der Waals surface area contributed by atoms with Crippen LogP contribution in [0.1, 0.15) is 45.1 Å². The monoisotopic (exact) mass is 373 g/mol. The molecule has 6 nitrogen and oxygen atoms in total. The van der Waals surface area contributed by atoms with Crippen molar-refractivity contribution in [3.63, 3.8) is 0 Å². The van der Waals surface area contributed by atoms with Crippen molar-refractivity contribution >= 4 is 18.0 Å². The minimum Gasteiger partial charge on any atom is -0.490 e. The molecule has 2 aliphatic rings. The molecule has 1 amide bonds. The van der Waals surface area contributed by atoms with Crippen LogP contribution >= 0.6 is 0 Å². The highest BCUT2D eigenvalue weighted by atomic mass is 16.5. The number of rotatable bonds is 4. The van der Waals surface area contributed by atoms with Gasteiger partial charge in [-0.3, -0.25) is 4.79 Å². The molecule has 0 N–H and O–H groups in total. The molecule has 0 bridgehead atoms. The van der Waals surface area contributed by atoms with Crippen LogP contribution in [0.5, 0.6) is 11.5 Å². The van der Waals surface area contributed by atoms with Crippen LogP contribution < -0.4 is 9.47 Å². The van der Waals surface area contributed by atoms with Gasteiger partial charge in [-0.25, -0.2) is 4.79 Å². The van der Waals surface area contributed by atoms with Gasteiger partial charge in [0.15, 0.2) is 18.1 Å². The van der Waals surface area contributed by atoms with Crippen LogP contribution in [0.2, 0.25) is 0 Å². The normalized spacial score (nSPS) is 22.4. The van der Waals surface area contributed by atoms with Crippen molar-refractivity contribution in [1.29, 1.82) is 0 Å². The van der Waals surface area contributed by atoms with Gasteiger partial charge in [0, 0.05) is 24.6 Å². The average molecular weight is 373 g/mol. The van der Waals surface area contributed by atoms with Crippen LogP contribution in [0, 0.1) is 0 Å². The first-order valence-electron chi connectivity index (χ1n) is 9.60. The van der Waals surface area contributed by atoms with Crippen molar-refractivity contribution < 1.29 is 23.8 Å². The molecular weight excluding hydrogens is 346 g/mol. The number of carbonyl (C=O) groups is 2. The molecule has 146 valence electrons. The Labute approximate surface area is 160 Å². The third-order valence-corrected chi connectivity index (χ3v) is 5.00. The molecule has 0 aliphatic carbocycles. The van der Waals surface area contributed by atoms with E-state index in [1.54, 1.807) is 6.08 Å². The number of likely N-dealkylation sites (tertiary alicyclic amines) is 1. The molecule has 0 radical (unpaired) electrons. The van der Waals surface area contributed by atoms with Gasteiger partial charge in [0.05, 0.1) is 13.2 Å². The standard InChI is InChI=1S/C21H27NO5/c1-15-5-3-6-16(2)22(15)20(23)14-27-21(24)10-8-17-7-9-18-19(13-17)26-12-4-11-25-18/h7-10,13,15-16H,3-6,11-12,14H2,1-2H3/b10-8+/t15-,16-/m0/s1. The first-order chi connectivity index (χ1) is 13.0. The fourth-order valence-electron chi connectivity index (χ4n) is 3.62. The molecule has 2 heterocycles. The second-order valence-electron chi connectivity index (χ2n) is 7.13. The van der Waals surface area contributed by atoms with Crippen molar-refractivity contribution in [1.82, 2.24) is 4.90 Å². The summed E-state index contributed by atoms with van der Waals surface area (Å²) in [5.41, 5.74) is 0.806. The van der Waals surface area contributed by atoms with E-state index >= 15 is 0 Å². The topological polar surface area (TPSA) is 65.1 Å². The van der Waals surface area contributed by atoms with E-state index in [1.807, 2.05) is 36.9 Å². The van der Waals surface area contributed by atoms with Gasteiger partial charge in [-0.15, -0.1) is 0 Å². The zero-order valence-corrected chi connectivity index (χ0v) is 16.0. The van der Waals surface area contributed by atoms with E-state index < -0.39 is 5.97 Å². The summed E-state index contributed by atoms with van der Waals surface area (Å²) in [6.07, 6.45) is 6.93. The van der Waals surface area contributed by atoms with E-state index in [0.717, 1.165) is 31.2 Å². The minimum atomic E-state index is -0.534. The first-order valence-corrected chi connectivity index (χ1v) is 9.60. The molecule has 6 heteroatoms. The molecule has 1 fully saturated rings. The van der Waals surface area contributed by atoms with Gasteiger partial charge in [-0.05, 0) is 56.9 Å². The Kier molecular flexibility index (Phi) is 6.37. The molecule has 2 aliphatic heterocycles. The number of ether oxygens (including phenoxy) is 3. The van der Waals surface area contributed by atoms with Gasteiger partial charge in [0.2, 0.25) is 0 Å². The van der Waals surface area contributed by atoms with E-state index in [4.69, 9.17) is 14.2 Å². The van der Waals surface area contributed by atoms with E-state index in [2.05, 4.69) is 0 Å². The highest BCUT2D eigenvalue weighted by molar-refractivity contribution is 5.89. The number of fused-ring (bicyclic) bond motifs is 1. The largest absolute Gasteiger partial charge is 0.490 e. The van der Waals surface area contributed by atoms with E-state index in [1.165, 1.54) is 6.08 Å². The summed E-state index contributed by atoms with van der Waals surface area (Å²) < 4.78 is 16.4. The first kappa shape index (κ1) is 19.3. The zero-order chi connectivity index (χ0) is 19.2. The maximum absolute atomic E-state index is 12.4. The van der Waals surface area contributed by atoms with Crippen molar-refractivity contribution in [3.05, 3.63) is 29.8 Å². The number of benzene rings is 1. The molecular formula is C21H27NO5. The lowest BCUT2D eigenvalue weighted by molar-refractivity contribution is -0.151. The number of esters is 1. The summed E-state index contributed by atoms with van der Waals surface area (Å²) in [7, 11) is 0. The molecule has 0 saturated carbocycles. The summed E-state index contributed by atoms with van der Waals surface area (Å²) in [6, 6.07) is 5.88. The number of piperidine rings is 1. The fraction of sp³-hybridized carbons (Fsp3) is 0.524. The molecule has 0 spiro atoms. The summed E-state index contributed by atoms with van der Waals surface area (Å²) in [5.74, 6) is 0.716. The van der Waals surface area contributed by atoms with Crippen LogP contribution in [0.15, 0.2) is 24.3 Å². The Balaban J connectivity index is 1.53. The van der Waals surface area contributed by atoms with Crippen molar-refractivity contribution in [2.75, 3.05) is 19.8 Å². The number of nitrogens with zero attached hydrogens (tertiary/aromatic N) is 1. The summed E-state index contributed by atoms with van der Waals surface area (Å²) in [5, 5.41) is 0. The minimum absolute atomic E-state index is 0.132. The summed E-state index contributed by atoms with van der Waals surface area (Å²) in [4.78, 5) is 26.2. The molecule has 1 saturated heterocycles. The van der Waals surface area contributed by atoms with Crippen molar-refractivity contribution in [2.45, 2.75) is 51.6 Å². The average Bonchev–Trinajstić information content (AvgIpc) is 2.89. The molecule has 0 unspecified atom stereocenters. The molecule has 1 aromatic carbocycles. The van der Waals surface area contributed by atoms with Crippen molar-refractivity contribution in [2.24, 2.45) is 0 Å². The number of hydrogen-bond acceptors (Lipinski definition) is 5. The van der Waals surface area contributed by atoms with E-state index in [0.29, 0.717) is 24.7 Å². The fourth-order valence-corrected chi connectivity index (χ4v) is 3.62. The van der Waals surface area contributed by atoms with Gasteiger partial charge >= 0.3 is 5.97 Å². The van der Waals surface area contributed by atoms with Crippen LogP contribution in [0.3, 0.4) is 0 Å². The predicted octanol–water partition coefficient (Wildman–Crippen LogP) is 3.19. The predicted molar refractivity (Wildman–Crippen MR) is 102 cm³/mol. The van der Waals surface area contributed by atoms with Crippen molar-refractivity contribution in [3.8, 4) is 11.5 Å². The molecule has 0 aromatic heterocycles. The lowest BCUT2D eigenvalue weighted by atomic mass is 9.97. The maximum Gasteiger partial charge on any atom is 0.331 e. The van der Waals surface area contributed by atoms with E-state index in [-0.39, 0.29) is 24.6 Å². The molecule has 3 rings (SSSR count). The SMILES string of the molecule is C[C@H]1CCC[C@H](C)N1C(=O)COC(=O)/C=C/c1ccc2c(c1)OCCCO2. The third kappa shape index (κ3) is 5.02. The Bertz CT molecular complexity index is 705. The van der Waals surface area contributed by atoms with Gasteiger partial charge in [-0.1, -0.05) is 6.07 Å². The number of amides is 1. The number of carbonyl (C=O) groups excluding carboxylic acids is 2. The van der Waals surface area contributed by atoms with Gasteiger partial charge in [-0.2, -0.15) is 0 Å². The molecule has 1 aromatic rings. The Hall–Kier alpha value is -2.50. The van der Waals surface area contributed by atoms with Crippen LogP contribution in [-0.4, -0.2) is 48.7 Å². The van der Waals surface area contributed by atoms with Gasteiger partial charge in [0.1, 0.15) is 0 Å².